The molecule has 0 amide bonds. The Hall–Kier alpha value is -2.82. The molecule has 4 heteroatoms. The number of benzene rings is 3. The zero-order chi connectivity index (χ0) is 20.4. The first kappa shape index (κ1) is 20.5. The van der Waals surface area contributed by atoms with Crippen LogP contribution in [0.4, 0.5) is 5.69 Å². The van der Waals surface area contributed by atoms with Gasteiger partial charge in [-0.3, -0.25) is 4.90 Å². The van der Waals surface area contributed by atoms with E-state index in [2.05, 4.69) is 64.4 Å². The van der Waals surface area contributed by atoms with Gasteiger partial charge in [-0.15, -0.1) is 0 Å². The second-order valence-electron chi connectivity index (χ2n) is 7.64. The molecular formula is C26H30N2O2. The predicted octanol–water partition coefficient (Wildman–Crippen LogP) is 4.47. The Morgan fingerprint density at radius 3 is 1.93 bits per heavy atom. The molecule has 3 aromatic carbocycles. The van der Waals surface area contributed by atoms with Crippen molar-refractivity contribution in [3.63, 3.8) is 0 Å². The highest BCUT2D eigenvalue weighted by Crippen LogP contribution is 2.18. The summed E-state index contributed by atoms with van der Waals surface area (Å²) in [6.07, 6.45) is 0. The quantitative estimate of drug-likeness (QED) is 0.527. The molecule has 4 nitrogen and oxygen atoms in total. The van der Waals surface area contributed by atoms with Crippen molar-refractivity contribution in [3.05, 3.63) is 96.6 Å². The van der Waals surface area contributed by atoms with E-state index in [1.807, 2.05) is 36.4 Å². The highest BCUT2D eigenvalue weighted by molar-refractivity contribution is 5.46. The van der Waals surface area contributed by atoms with Gasteiger partial charge in [-0.25, -0.2) is 0 Å². The minimum absolute atomic E-state index is 0.229. The molecule has 1 fully saturated rings. The van der Waals surface area contributed by atoms with Gasteiger partial charge in [-0.1, -0.05) is 66.7 Å². The van der Waals surface area contributed by atoms with Crippen LogP contribution in [-0.4, -0.2) is 50.3 Å². The van der Waals surface area contributed by atoms with E-state index < -0.39 is 0 Å². The Bertz CT molecular complexity index is 850. The van der Waals surface area contributed by atoms with E-state index in [0.29, 0.717) is 19.8 Å². The van der Waals surface area contributed by atoms with E-state index in [1.54, 1.807) is 0 Å². The molecule has 0 aliphatic carbocycles. The molecule has 0 radical (unpaired) electrons. The Morgan fingerprint density at radius 1 is 0.667 bits per heavy atom. The molecule has 3 aromatic rings. The van der Waals surface area contributed by atoms with E-state index in [9.17, 15) is 0 Å². The Balaban J connectivity index is 1.34. The molecular weight excluding hydrogens is 372 g/mol. The fourth-order valence-corrected chi connectivity index (χ4v) is 3.84. The molecule has 4 rings (SSSR count). The van der Waals surface area contributed by atoms with Gasteiger partial charge in [-0.2, -0.15) is 0 Å². The first-order valence-corrected chi connectivity index (χ1v) is 10.7. The Morgan fingerprint density at radius 2 is 1.27 bits per heavy atom. The fraction of sp³-hybridized carbons (Fsp3) is 0.308. The maximum absolute atomic E-state index is 6.10. The van der Waals surface area contributed by atoms with Crippen LogP contribution in [0.15, 0.2) is 91.0 Å². The topological polar surface area (TPSA) is 24.9 Å². The zero-order valence-corrected chi connectivity index (χ0v) is 17.4. The number of nitrogens with zero attached hydrogens (tertiary/aromatic N) is 2. The largest absolute Gasteiger partial charge is 0.492 e. The molecule has 1 aliphatic heterocycles. The molecule has 1 aliphatic rings. The van der Waals surface area contributed by atoms with Crippen LogP contribution in [0.2, 0.25) is 0 Å². The molecule has 1 heterocycles. The standard InChI is InChI=1S/C26H30N2O2/c1-4-10-23(11-5-1)20-29-21-25(22-30-26-14-8-3-9-15-26)28-18-16-27(17-19-28)24-12-6-2-7-13-24/h1-15,25H,16-22H2. The Labute approximate surface area is 179 Å². The van der Waals surface area contributed by atoms with Gasteiger partial charge in [-0.05, 0) is 29.8 Å². The van der Waals surface area contributed by atoms with Crippen LogP contribution in [0.3, 0.4) is 0 Å². The molecule has 1 saturated heterocycles. The van der Waals surface area contributed by atoms with Crippen LogP contribution in [0.25, 0.3) is 0 Å². The van der Waals surface area contributed by atoms with Gasteiger partial charge in [0.15, 0.2) is 0 Å². The first-order chi connectivity index (χ1) is 14.9. The number of hydrogen-bond donors (Lipinski definition) is 0. The van der Waals surface area contributed by atoms with Crippen LogP contribution >= 0.6 is 0 Å². The van der Waals surface area contributed by atoms with Crippen molar-refractivity contribution < 1.29 is 9.47 Å². The van der Waals surface area contributed by atoms with E-state index in [0.717, 1.165) is 31.9 Å². The lowest BCUT2D eigenvalue weighted by atomic mass is 10.2. The monoisotopic (exact) mass is 402 g/mol. The molecule has 156 valence electrons. The van der Waals surface area contributed by atoms with Gasteiger partial charge >= 0.3 is 0 Å². The van der Waals surface area contributed by atoms with Gasteiger partial charge < -0.3 is 14.4 Å². The summed E-state index contributed by atoms with van der Waals surface area (Å²) in [6.45, 7) is 5.97. The summed E-state index contributed by atoms with van der Waals surface area (Å²) >= 11 is 0. The van der Waals surface area contributed by atoms with E-state index in [-0.39, 0.29) is 6.04 Å². The maximum Gasteiger partial charge on any atom is 0.119 e. The summed E-state index contributed by atoms with van der Waals surface area (Å²) in [5, 5.41) is 0. The first-order valence-electron chi connectivity index (χ1n) is 10.7. The highest BCUT2D eigenvalue weighted by atomic mass is 16.5. The minimum Gasteiger partial charge on any atom is -0.492 e. The number of rotatable bonds is 9. The summed E-state index contributed by atoms with van der Waals surface area (Å²) < 4.78 is 12.2. The molecule has 1 atom stereocenters. The van der Waals surface area contributed by atoms with E-state index >= 15 is 0 Å². The van der Waals surface area contributed by atoms with Crippen molar-refractivity contribution in [2.75, 3.05) is 44.3 Å². The van der Waals surface area contributed by atoms with Crippen LogP contribution in [-0.2, 0) is 11.3 Å². The van der Waals surface area contributed by atoms with Crippen LogP contribution in [0.1, 0.15) is 5.56 Å². The van der Waals surface area contributed by atoms with Crippen molar-refractivity contribution in [1.29, 1.82) is 0 Å². The average molecular weight is 403 g/mol. The van der Waals surface area contributed by atoms with Gasteiger partial charge in [0, 0.05) is 31.9 Å². The number of ether oxygens (including phenoxy) is 2. The maximum atomic E-state index is 6.10. The van der Waals surface area contributed by atoms with E-state index in [4.69, 9.17) is 9.47 Å². The number of piperazine rings is 1. The third-order valence-electron chi connectivity index (χ3n) is 5.56. The summed E-state index contributed by atoms with van der Waals surface area (Å²) in [6, 6.07) is 31.3. The van der Waals surface area contributed by atoms with Crippen molar-refractivity contribution in [2.24, 2.45) is 0 Å². The average Bonchev–Trinajstić information content (AvgIpc) is 2.83. The molecule has 0 spiro atoms. The molecule has 0 aromatic heterocycles. The number of para-hydroxylation sites is 2. The molecule has 30 heavy (non-hydrogen) atoms. The molecule has 0 N–H and O–H groups in total. The van der Waals surface area contributed by atoms with Gasteiger partial charge in [0.25, 0.3) is 0 Å². The second kappa shape index (κ2) is 10.8. The zero-order valence-electron chi connectivity index (χ0n) is 17.4. The van der Waals surface area contributed by atoms with Gasteiger partial charge in [0.2, 0.25) is 0 Å². The number of anilines is 1. The predicted molar refractivity (Wildman–Crippen MR) is 122 cm³/mol. The summed E-state index contributed by atoms with van der Waals surface area (Å²) in [5.74, 6) is 0.911. The van der Waals surface area contributed by atoms with Gasteiger partial charge in [0.1, 0.15) is 12.4 Å². The summed E-state index contributed by atoms with van der Waals surface area (Å²) in [5.41, 5.74) is 2.50. The van der Waals surface area contributed by atoms with Crippen molar-refractivity contribution >= 4 is 5.69 Å². The van der Waals surface area contributed by atoms with E-state index in [1.165, 1.54) is 11.3 Å². The third-order valence-corrected chi connectivity index (χ3v) is 5.56. The molecule has 0 bridgehead atoms. The van der Waals surface area contributed by atoms with Crippen LogP contribution in [0, 0.1) is 0 Å². The lowest BCUT2D eigenvalue weighted by molar-refractivity contribution is 0.0267. The minimum atomic E-state index is 0.229. The number of hydrogen-bond acceptors (Lipinski definition) is 4. The van der Waals surface area contributed by atoms with Crippen molar-refractivity contribution in [2.45, 2.75) is 12.6 Å². The molecule has 0 saturated carbocycles. The van der Waals surface area contributed by atoms with Crippen LogP contribution < -0.4 is 9.64 Å². The third kappa shape index (κ3) is 5.85. The molecule has 1 unspecified atom stereocenters. The fourth-order valence-electron chi connectivity index (χ4n) is 3.84. The van der Waals surface area contributed by atoms with Crippen molar-refractivity contribution in [3.8, 4) is 5.75 Å². The Kier molecular flexibility index (Phi) is 7.37. The highest BCUT2D eigenvalue weighted by Gasteiger charge is 2.25. The smallest absolute Gasteiger partial charge is 0.119 e. The lowest BCUT2D eigenvalue weighted by Crippen LogP contribution is -2.53. The normalized spacial score (nSPS) is 15.7. The van der Waals surface area contributed by atoms with Gasteiger partial charge in [0.05, 0.1) is 19.3 Å². The SMILES string of the molecule is c1ccc(COCC(COc2ccccc2)N2CCN(c3ccccc3)CC2)cc1. The summed E-state index contributed by atoms with van der Waals surface area (Å²) in [7, 11) is 0. The van der Waals surface area contributed by atoms with Crippen LogP contribution in [0.5, 0.6) is 5.75 Å². The summed E-state index contributed by atoms with van der Waals surface area (Å²) in [4.78, 5) is 4.96. The van der Waals surface area contributed by atoms with Crippen molar-refractivity contribution in [1.82, 2.24) is 4.90 Å². The second-order valence-corrected chi connectivity index (χ2v) is 7.64. The lowest BCUT2D eigenvalue weighted by Gasteiger charge is -2.40.